The fraction of sp³-hybridized carbons (Fsp3) is 0.833. The molecule has 0 unspecified atom stereocenters. The first-order chi connectivity index (χ1) is 7.35. The van der Waals surface area contributed by atoms with E-state index in [1.807, 2.05) is 20.8 Å². The van der Waals surface area contributed by atoms with Gasteiger partial charge in [0.2, 0.25) is 0 Å². The van der Waals surface area contributed by atoms with Crippen LogP contribution in [0.4, 0.5) is 4.79 Å². The number of ether oxygens (including phenoxy) is 1. The molecule has 1 aliphatic carbocycles. The molecule has 0 N–H and O–H groups in total. The quantitative estimate of drug-likeness (QED) is 0.641. The minimum atomic E-state index is -0.444. The van der Waals surface area contributed by atoms with E-state index >= 15 is 0 Å². The van der Waals surface area contributed by atoms with Crippen LogP contribution < -0.4 is 0 Å². The molecule has 2 bridgehead atoms. The van der Waals surface area contributed by atoms with Crippen LogP contribution in [0.1, 0.15) is 40.0 Å². The zero-order valence-electron chi connectivity index (χ0n) is 10.2. The molecule has 1 amide bonds. The van der Waals surface area contributed by atoms with Gasteiger partial charge in [-0.2, -0.15) is 0 Å². The van der Waals surface area contributed by atoms with Gasteiger partial charge in [-0.05, 0) is 40.0 Å². The summed E-state index contributed by atoms with van der Waals surface area (Å²) in [7, 11) is 0. The van der Waals surface area contributed by atoms with Crippen LogP contribution in [0.25, 0.3) is 0 Å². The van der Waals surface area contributed by atoms with Gasteiger partial charge in [-0.25, -0.2) is 4.79 Å². The maximum atomic E-state index is 11.9. The van der Waals surface area contributed by atoms with Gasteiger partial charge >= 0.3 is 6.09 Å². The number of carbonyl (C=O) groups excluding carboxylic acids is 2. The SMILES string of the molecule is CC(C)(C)OC(=O)N1CCC2(C=O)CC1C2. The standard InChI is InChI=1S/C12H19NO3/c1-11(2,3)16-10(15)13-5-4-12(8-14)6-9(13)7-12/h8-9H,4-7H2,1-3H3. The molecule has 16 heavy (non-hydrogen) atoms. The smallest absolute Gasteiger partial charge is 0.410 e. The van der Waals surface area contributed by atoms with E-state index in [-0.39, 0.29) is 17.6 Å². The van der Waals surface area contributed by atoms with Crippen molar-refractivity contribution in [3.05, 3.63) is 0 Å². The third-order valence-electron chi connectivity index (χ3n) is 3.45. The van der Waals surface area contributed by atoms with E-state index in [2.05, 4.69) is 0 Å². The third kappa shape index (κ3) is 1.93. The van der Waals surface area contributed by atoms with Gasteiger partial charge in [-0.1, -0.05) is 0 Å². The number of carbonyl (C=O) groups is 2. The van der Waals surface area contributed by atoms with Crippen molar-refractivity contribution in [3.8, 4) is 0 Å². The van der Waals surface area contributed by atoms with Gasteiger partial charge in [-0.15, -0.1) is 0 Å². The summed E-state index contributed by atoms with van der Waals surface area (Å²) in [4.78, 5) is 24.5. The Morgan fingerprint density at radius 1 is 1.44 bits per heavy atom. The summed E-state index contributed by atoms with van der Waals surface area (Å²) in [5.74, 6) is 0. The minimum Gasteiger partial charge on any atom is -0.444 e. The fourth-order valence-corrected chi connectivity index (χ4v) is 2.55. The van der Waals surface area contributed by atoms with E-state index in [4.69, 9.17) is 4.74 Å². The minimum absolute atomic E-state index is 0.122. The highest BCUT2D eigenvalue weighted by Crippen LogP contribution is 2.49. The Bertz CT molecular complexity index is 307. The molecule has 0 aromatic rings. The fourth-order valence-electron chi connectivity index (χ4n) is 2.55. The Morgan fingerprint density at radius 3 is 2.44 bits per heavy atom. The van der Waals surface area contributed by atoms with E-state index in [1.54, 1.807) is 4.90 Å². The second-order valence-electron chi connectivity index (χ2n) is 5.97. The molecule has 2 aliphatic heterocycles. The lowest BCUT2D eigenvalue weighted by Gasteiger charge is -2.54. The van der Waals surface area contributed by atoms with E-state index in [0.29, 0.717) is 6.54 Å². The molecule has 0 aromatic heterocycles. The monoisotopic (exact) mass is 225 g/mol. The van der Waals surface area contributed by atoms with Crippen molar-refractivity contribution in [2.75, 3.05) is 6.54 Å². The van der Waals surface area contributed by atoms with Crippen LogP contribution in [-0.4, -0.2) is 35.5 Å². The summed E-state index contributed by atoms with van der Waals surface area (Å²) in [6, 6.07) is 0.216. The number of piperidine rings is 2. The van der Waals surface area contributed by atoms with Gasteiger partial charge in [-0.3, -0.25) is 0 Å². The summed E-state index contributed by atoms with van der Waals surface area (Å²) in [6.45, 7) is 6.25. The van der Waals surface area contributed by atoms with Crippen molar-refractivity contribution >= 4 is 12.4 Å². The molecule has 0 spiro atoms. The normalized spacial score (nSPS) is 32.9. The van der Waals surface area contributed by atoms with Gasteiger partial charge in [0.05, 0.1) is 0 Å². The van der Waals surface area contributed by atoms with Crippen LogP contribution in [0, 0.1) is 5.41 Å². The van der Waals surface area contributed by atoms with Crippen molar-refractivity contribution in [2.24, 2.45) is 5.41 Å². The molecule has 2 saturated heterocycles. The molecule has 3 rings (SSSR count). The Morgan fingerprint density at radius 2 is 2.06 bits per heavy atom. The van der Waals surface area contributed by atoms with Gasteiger partial charge in [0.15, 0.2) is 0 Å². The number of rotatable bonds is 1. The molecule has 90 valence electrons. The second kappa shape index (κ2) is 3.47. The largest absolute Gasteiger partial charge is 0.444 e. The van der Waals surface area contributed by atoms with E-state index in [0.717, 1.165) is 25.5 Å². The van der Waals surface area contributed by atoms with E-state index in [9.17, 15) is 9.59 Å². The first-order valence-corrected chi connectivity index (χ1v) is 5.81. The molecular weight excluding hydrogens is 206 g/mol. The van der Waals surface area contributed by atoms with Crippen LogP contribution in [0.5, 0.6) is 0 Å². The molecule has 4 heteroatoms. The maximum absolute atomic E-state index is 11.9. The molecule has 4 nitrogen and oxygen atoms in total. The average Bonchev–Trinajstić information content (AvgIpc) is 2.13. The molecule has 0 atom stereocenters. The van der Waals surface area contributed by atoms with Crippen molar-refractivity contribution in [3.63, 3.8) is 0 Å². The molecule has 3 fully saturated rings. The molecule has 0 radical (unpaired) electrons. The molecule has 2 heterocycles. The van der Waals surface area contributed by atoms with Gasteiger partial charge in [0.25, 0.3) is 0 Å². The summed E-state index contributed by atoms with van der Waals surface area (Å²) >= 11 is 0. The summed E-state index contributed by atoms with van der Waals surface area (Å²) in [6.07, 6.45) is 3.24. The molecular formula is C12H19NO3. The predicted molar refractivity (Wildman–Crippen MR) is 59.1 cm³/mol. The first-order valence-electron chi connectivity index (χ1n) is 5.81. The average molecular weight is 225 g/mol. The van der Waals surface area contributed by atoms with Crippen molar-refractivity contribution in [1.82, 2.24) is 4.90 Å². The lowest BCUT2D eigenvalue weighted by atomic mass is 9.61. The Kier molecular flexibility index (Phi) is 2.48. The van der Waals surface area contributed by atoms with Crippen molar-refractivity contribution in [1.29, 1.82) is 0 Å². The van der Waals surface area contributed by atoms with Crippen molar-refractivity contribution < 1.29 is 14.3 Å². The highest BCUT2D eigenvalue weighted by molar-refractivity contribution is 5.71. The number of aldehydes is 1. The van der Waals surface area contributed by atoms with Crippen LogP contribution in [-0.2, 0) is 9.53 Å². The maximum Gasteiger partial charge on any atom is 0.410 e. The zero-order chi connectivity index (χ0) is 12.0. The van der Waals surface area contributed by atoms with Gasteiger partial charge < -0.3 is 14.4 Å². The van der Waals surface area contributed by atoms with E-state index < -0.39 is 5.60 Å². The highest BCUT2D eigenvalue weighted by Gasteiger charge is 2.52. The lowest BCUT2D eigenvalue weighted by molar-refractivity contribution is -0.133. The third-order valence-corrected chi connectivity index (χ3v) is 3.45. The highest BCUT2D eigenvalue weighted by atomic mass is 16.6. The summed E-state index contributed by atoms with van der Waals surface area (Å²) in [5.41, 5.74) is -0.566. The molecule has 0 aromatic carbocycles. The van der Waals surface area contributed by atoms with Gasteiger partial charge in [0.1, 0.15) is 11.9 Å². The topological polar surface area (TPSA) is 46.6 Å². The Hall–Kier alpha value is -1.06. The molecule has 3 aliphatic rings. The Labute approximate surface area is 95.9 Å². The van der Waals surface area contributed by atoms with Crippen LogP contribution in [0.2, 0.25) is 0 Å². The van der Waals surface area contributed by atoms with Crippen LogP contribution >= 0.6 is 0 Å². The van der Waals surface area contributed by atoms with Crippen LogP contribution in [0.3, 0.4) is 0 Å². The lowest BCUT2D eigenvalue weighted by Crippen LogP contribution is -2.60. The van der Waals surface area contributed by atoms with E-state index in [1.165, 1.54) is 0 Å². The number of hydrogen-bond acceptors (Lipinski definition) is 3. The summed E-state index contributed by atoms with van der Waals surface area (Å²) < 4.78 is 5.34. The molecule has 1 saturated carbocycles. The first kappa shape index (κ1) is 11.4. The Balaban J connectivity index is 1.94. The number of amides is 1. The zero-order valence-corrected chi connectivity index (χ0v) is 10.2. The predicted octanol–water partition coefficient (Wildman–Crippen LogP) is 1.97. The number of hydrogen-bond donors (Lipinski definition) is 0. The van der Waals surface area contributed by atoms with Gasteiger partial charge in [0, 0.05) is 18.0 Å². The van der Waals surface area contributed by atoms with Crippen molar-refractivity contribution in [2.45, 2.75) is 51.7 Å². The number of fused-ring (bicyclic) bond motifs is 2. The summed E-state index contributed by atoms with van der Waals surface area (Å²) in [5, 5.41) is 0. The second-order valence-corrected chi connectivity index (χ2v) is 5.97. The number of nitrogens with zero attached hydrogens (tertiary/aromatic N) is 1. The van der Waals surface area contributed by atoms with Crippen LogP contribution in [0.15, 0.2) is 0 Å².